The number of carbonyl (C=O) groups excluding carboxylic acids is 1. The van der Waals surface area contributed by atoms with E-state index in [9.17, 15) is 4.79 Å². The van der Waals surface area contributed by atoms with E-state index in [0.717, 1.165) is 12.2 Å². The van der Waals surface area contributed by atoms with E-state index in [1.165, 1.54) is 25.9 Å². The Morgan fingerprint density at radius 1 is 1.38 bits per heavy atom. The number of benzene rings is 1. The Labute approximate surface area is 126 Å². The van der Waals surface area contributed by atoms with Gasteiger partial charge in [-0.1, -0.05) is 0 Å². The largest absolute Gasteiger partial charge is 0.399 e. The molecule has 1 aliphatic heterocycles. The second-order valence-electron chi connectivity index (χ2n) is 5.64. The number of likely N-dealkylation sites (tertiary alicyclic amines) is 1. The maximum Gasteiger partial charge on any atom is 0.253 e. The van der Waals surface area contributed by atoms with Crippen molar-refractivity contribution in [1.82, 2.24) is 10.2 Å². The summed E-state index contributed by atoms with van der Waals surface area (Å²) in [4.78, 5) is 14.6. The molecule has 1 saturated heterocycles. The highest BCUT2D eigenvalue weighted by Crippen LogP contribution is 2.20. The van der Waals surface area contributed by atoms with Gasteiger partial charge < -0.3 is 16.4 Å². The Bertz CT molecular complexity index is 483. The van der Waals surface area contributed by atoms with Crippen LogP contribution in [0.25, 0.3) is 0 Å². The van der Waals surface area contributed by atoms with Crippen LogP contribution in [0.15, 0.2) is 18.2 Å². The fraction of sp³-hybridized carbons (Fsp3) is 0.562. The van der Waals surface area contributed by atoms with Crippen LogP contribution in [0.2, 0.25) is 0 Å². The lowest BCUT2D eigenvalue weighted by Crippen LogP contribution is -2.36. The van der Waals surface area contributed by atoms with Crippen molar-refractivity contribution < 1.29 is 4.79 Å². The summed E-state index contributed by atoms with van der Waals surface area (Å²) >= 11 is 0. The number of nitrogens with two attached hydrogens (primary N) is 1. The van der Waals surface area contributed by atoms with Gasteiger partial charge in [-0.2, -0.15) is 0 Å². The molecule has 1 amide bonds. The maximum atomic E-state index is 12.1. The average Bonchev–Trinajstić information content (AvgIpc) is 2.99. The first-order valence-electron chi connectivity index (χ1n) is 7.77. The molecule has 1 unspecified atom stereocenters. The second kappa shape index (κ2) is 7.31. The van der Waals surface area contributed by atoms with Crippen LogP contribution in [0.1, 0.15) is 37.0 Å². The SMILES string of the molecule is CCNC(=O)c1ccc(N)cc1NCC(C)N1CCCC1. The van der Waals surface area contributed by atoms with Gasteiger partial charge in [0.05, 0.1) is 5.56 Å². The first-order valence-corrected chi connectivity index (χ1v) is 7.77. The molecule has 0 radical (unpaired) electrons. The van der Waals surface area contributed by atoms with Gasteiger partial charge in [0, 0.05) is 30.5 Å². The molecule has 4 N–H and O–H groups in total. The molecule has 0 spiro atoms. The second-order valence-corrected chi connectivity index (χ2v) is 5.64. The number of hydrogen-bond acceptors (Lipinski definition) is 4. The van der Waals surface area contributed by atoms with Crippen molar-refractivity contribution in [3.8, 4) is 0 Å². The maximum absolute atomic E-state index is 12.1. The zero-order valence-electron chi connectivity index (χ0n) is 13.0. The number of hydrogen-bond donors (Lipinski definition) is 3. The summed E-state index contributed by atoms with van der Waals surface area (Å²) < 4.78 is 0. The highest BCUT2D eigenvalue weighted by molar-refractivity contribution is 6.00. The quantitative estimate of drug-likeness (QED) is 0.700. The van der Waals surface area contributed by atoms with Crippen molar-refractivity contribution in [3.63, 3.8) is 0 Å². The standard InChI is InChI=1S/C16H26N4O/c1-3-18-16(21)14-7-6-13(17)10-15(14)19-11-12(2)20-8-4-5-9-20/h6-7,10,12,19H,3-5,8-9,11,17H2,1-2H3,(H,18,21). The number of amides is 1. The van der Waals surface area contributed by atoms with Crippen molar-refractivity contribution >= 4 is 17.3 Å². The van der Waals surface area contributed by atoms with Gasteiger partial charge in [-0.05, 0) is 58.0 Å². The number of nitrogens with one attached hydrogen (secondary N) is 2. The lowest BCUT2D eigenvalue weighted by atomic mass is 10.1. The molecule has 0 bridgehead atoms. The summed E-state index contributed by atoms with van der Waals surface area (Å²) in [6.45, 7) is 7.91. The molecule has 5 nitrogen and oxygen atoms in total. The molecule has 1 fully saturated rings. The summed E-state index contributed by atoms with van der Waals surface area (Å²) in [6, 6.07) is 5.83. The molecule has 1 heterocycles. The monoisotopic (exact) mass is 290 g/mol. The minimum absolute atomic E-state index is 0.0613. The molecular formula is C16H26N4O. The normalized spacial score (nSPS) is 16.7. The zero-order valence-corrected chi connectivity index (χ0v) is 13.0. The van der Waals surface area contributed by atoms with E-state index >= 15 is 0 Å². The van der Waals surface area contributed by atoms with E-state index in [1.807, 2.05) is 13.0 Å². The van der Waals surface area contributed by atoms with Crippen LogP contribution < -0.4 is 16.4 Å². The molecular weight excluding hydrogens is 264 g/mol. The molecule has 0 saturated carbocycles. The molecule has 116 valence electrons. The molecule has 2 rings (SSSR count). The van der Waals surface area contributed by atoms with Crippen LogP contribution in [0.3, 0.4) is 0 Å². The van der Waals surface area contributed by atoms with Crippen LogP contribution in [0.5, 0.6) is 0 Å². The summed E-state index contributed by atoms with van der Waals surface area (Å²) in [5.74, 6) is -0.0613. The fourth-order valence-electron chi connectivity index (χ4n) is 2.73. The number of rotatable bonds is 6. The van der Waals surface area contributed by atoms with Crippen LogP contribution in [0.4, 0.5) is 11.4 Å². The summed E-state index contributed by atoms with van der Waals surface area (Å²) in [6.07, 6.45) is 2.57. The van der Waals surface area contributed by atoms with Gasteiger partial charge in [-0.15, -0.1) is 0 Å². The van der Waals surface area contributed by atoms with Crippen LogP contribution in [-0.4, -0.2) is 43.0 Å². The smallest absolute Gasteiger partial charge is 0.253 e. The number of anilines is 2. The van der Waals surface area contributed by atoms with Gasteiger partial charge in [-0.25, -0.2) is 0 Å². The molecule has 0 aliphatic carbocycles. The van der Waals surface area contributed by atoms with Gasteiger partial charge >= 0.3 is 0 Å². The molecule has 5 heteroatoms. The number of nitrogen functional groups attached to an aromatic ring is 1. The van der Waals surface area contributed by atoms with E-state index < -0.39 is 0 Å². The van der Waals surface area contributed by atoms with Gasteiger partial charge in [0.25, 0.3) is 5.91 Å². The third kappa shape index (κ3) is 4.11. The van der Waals surface area contributed by atoms with Gasteiger partial charge in [-0.3, -0.25) is 9.69 Å². The highest BCUT2D eigenvalue weighted by atomic mass is 16.1. The molecule has 0 aromatic heterocycles. The van der Waals surface area contributed by atoms with Crippen LogP contribution >= 0.6 is 0 Å². The Morgan fingerprint density at radius 3 is 2.76 bits per heavy atom. The summed E-state index contributed by atoms with van der Waals surface area (Å²) in [5.41, 5.74) is 7.98. The third-order valence-electron chi connectivity index (χ3n) is 3.98. The Hall–Kier alpha value is -1.75. The van der Waals surface area contributed by atoms with Crippen LogP contribution in [0, 0.1) is 0 Å². The van der Waals surface area contributed by atoms with E-state index in [4.69, 9.17) is 5.73 Å². The first kappa shape index (κ1) is 15.6. The molecule has 21 heavy (non-hydrogen) atoms. The molecule has 1 aromatic rings. The number of nitrogens with zero attached hydrogens (tertiary/aromatic N) is 1. The minimum atomic E-state index is -0.0613. The van der Waals surface area contributed by atoms with E-state index in [-0.39, 0.29) is 5.91 Å². The van der Waals surface area contributed by atoms with Crippen molar-refractivity contribution in [3.05, 3.63) is 23.8 Å². The lowest BCUT2D eigenvalue weighted by molar-refractivity contribution is 0.0956. The summed E-state index contributed by atoms with van der Waals surface area (Å²) in [5, 5.41) is 6.22. The first-order chi connectivity index (χ1) is 10.1. The highest BCUT2D eigenvalue weighted by Gasteiger charge is 2.18. The Morgan fingerprint density at radius 2 is 2.10 bits per heavy atom. The molecule has 1 aliphatic rings. The van der Waals surface area contributed by atoms with E-state index in [1.54, 1.807) is 12.1 Å². The minimum Gasteiger partial charge on any atom is -0.399 e. The third-order valence-corrected chi connectivity index (χ3v) is 3.98. The van der Waals surface area contributed by atoms with E-state index in [0.29, 0.717) is 23.8 Å². The van der Waals surface area contributed by atoms with Gasteiger partial charge in [0.2, 0.25) is 0 Å². The average molecular weight is 290 g/mol. The van der Waals surface area contributed by atoms with Crippen molar-refractivity contribution in [2.75, 3.05) is 37.2 Å². The van der Waals surface area contributed by atoms with Gasteiger partial charge in [0.1, 0.15) is 0 Å². The number of carbonyl (C=O) groups is 1. The predicted molar refractivity (Wildman–Crippen MR) is 87.6 cm³/mol. The Kier molecular flexibility index (Phi) is 5.44. The van der Waals surface area contributed by atoms with Crippen molar-refractivity contribution in [2.45, 2.75) is 32.7 Å². The van der Waals surface area contributed by atoms with E-state index in [2.05, 4.69) is 22.5 Å². The van der Waals surface area contributed by atoms with Crippen molar-refractivity contribution in [1.29, 1.82) is 0 Å². The Balaban J connectivity index is 2.03. The fourth-order valence-corrected chi connectivity index (χ4v) is 2.73. The molecule has 1 atom stereocenters. The molecule has 1 aromatic carbocycles. The predicted octanol–water partition coefficient (Wildman–Crippen LogP) is 1.91. The van der Waals surface area contributed by atoms with Crippen molar-refractivity contribution in [2.24, 2.45) is 0 Å². The summed E-state index contributed by atoms with van der Waals surface area (Å²) in [7, 11) is 0. The van der Waals surface area contributed by atoms with Gasteiger partial charge in [0.15, 0.2) is 0 Å². The van der Waals surface area contributed by atoms with Crippen LogP contribution in [-0.2, 0) is 0 Å². The lowest BCUT2D eigenvalue weighted by Gasteiger charge is -2.25. The topological polar surface area (TPSA) is 70.4 Å². The zero-order chi connectivity index (χ0) is 15.2.